The summed E-state index contributed by atoms with van der Waals surface area (Å²) in [5.41, 5.74) is 6.17. The van der Waals surface area contributed by atoms with Gasteiger partial charge in [0.25, 0.3) is 11.1 Å². The molecule has 0 aliphatic carbocycles. The van der Waals surface area contributed by atoms with Gasteiger partial charge in [0.05, 0.1) is 4.91 Å². The van der Waals surface area contributed by atoms with Gasteiger partial charge >= 0.3 is 0 Å². The molecule has 1 aliphatic heterocycles. The van der Waals surface area contributed by atoms with Crippen molar-refractivity contribution in [3.8, 4) is 5.75 Å². The topological polar surface area (TPSA) is 89.7 Å². The number of primary amides is 1. The van der Waals surface area contributed by atoms with Crippen molar-refractivity contribution in [3.05, 3.63) is 70.4 Å². The van der Waals surface area contributed by atoms with Crippen LogP contribution in [0.1, 0.15) is 11.1 Å². The van der Waals surface area contributed by atoms with E-state index in [1.165, 1.54) is 6.07 Å². The van der Waals surface area contributed by atoms with Crippen LogP contribution in [0.2, 0.25) is 0 Å². The van der Waals surface area contributed by atoms with Crippen molar-refractivity contribution in [2.24, 2.45) is 5.73 Å². The van der Waals surface area contributed by atoms with Gasteiger partial charge < -0.3 is 10.5 Å². The molecule has 1 aliphatic rings. The first-order valence-electron chi connectivity index (χ1n) is 7.94. The van der Waals surface area contributed by atoms with Gasteiger partial charge in [-0.1, -0.05) is 30.3 Å². The van der Waals surface area contributed by atoms with Gasteiger partial charge in [0.2, 0.25) is 5.91 Å². The van der Waals surface area contributed by atoms with Crippen molar-refractivity contribution in [1.82, 2.24) is 4.90 Å². The van der Waals surface area contributed by atoms with E-state index in [1.807, 2.05) is 0 Å². The first-order valence-corrected chi connectivity index (χ1v) is 8.75. The van der Waals surface area contributed by atoms with Crippen LogP contribution in [-0.4, -0.2) is 28.5 Å². The summed E-state index contributed by atoms with van der Waals surface area (Å²) in [4.78, 5) is 35.9. The van der Waals surface area contributed by atoms with E-state index in [0.717, 1.165) is 16.7 Å². The summed E-state index contributed by atoms with van der Waals surface area (Å²) in [7, 11) is 0. The largest absolute Gasteiger partial charge is 0.489 e. The Morgan fingerprint density at radius 3 is 2.52 bits per heavy atom. The predicted molar refractivity (Wildman–Crippen MR) is 99.0 cm³/mol. The minimum absolute atomic E-state index is 0.0953. The van der Waals surface area contributed by atoms with Crippen molar-refractivity contribution in [3.63, 3.8) is 0 Å². The number of benzene rings is 2. The number of carbonyl (C=O) groups is 3. The highest BCUT2D eigenvalue weighted by Crippen LogP contribution is 2.32. The van der Waals surface area contributed by atoms with E-state index < -0.39 is 23.6 Å². The molecule has 2 N–H and O–H groups in total. The molecule has 0 radical (unpaired) electrons. The summed E-state index contributed by atoms with van der Waals surface area (Å²) >= 11 is 0.750. The van der Waals surface area contributed by atoms with Crippen LogP contribution < -0.4 is 10.5 Å². The molecule has 2 aromatic carbocycles. The molecule has 27 heavy (non-hydrogen) atoms. The molecule has 0 bridgehead atoms. The number of nitrogens with two attached hydrogens (primary N) is 1. The molecule has 0 atom stereocenters. The Morgan fingerprint density at radius 2 is 1.85 bits per heavy atom. The first kappa shape index (κ1) is 18.7. The van der Waals surface area contributed by atoms with Gasteiger partial charge in [-0.2, -0.15) is 0 Å². The minimum atomic E-state index is -0.755. The molecule has 3 amide bonds. The number of nitrogens with zero attached hydrogens (tertiary/aromatic N) is 1. The van der Waals surface area contributed by atoms with Crippen molar-refractivity contribution < 1.29 is 23.5 Å². The lowest BCUT2D eigenvalue weighted by molar-refractivity contribution is -0.127. The Morgan fingerprint density at radius 1 is 1.15 bits per heavy atom. The van der Waals surface area contributed by atoms with E-state index in [0.29, 0.717) is 16.9 Å². The number of amides is 3. The highest BCUT2D eigenvalue weighted by atomic mass is 32.2. The number of halogens is 1. The zero-order valence-corrected chi connectivity index (χ0v) is 14.9. The van der Waals surface area contributed by atoms with Crippen molar-refractivity contribution in [2.45, 2.75) is 6.61 Å². The molecular formula is C19H15FN2O4S. The Labute approximate surface area is 158 Å². The maximum absolute atomic E-state index is 13.6. The van der Waals surface area contributed by atoms with Gasteiger partial charge in [0.15, 0.2) is 0 Å². The molecule has 6 nitrogen and oxygen atoms in total. The number of rotatable bonds is 6. The van der Waals surface area contributed by atoms with Crippen LogP contribution >= 0.6 is 11.8 Å². The quantitative estimate of drug-likeness (QED) is 0.771. The Kier molecular flexibility index (Phi) is 5.56. The fraction of sp³-hybridized carbons (Fsp3) is 0.105. The normalized spacial score (nSPS) is 15.4. The predicted octanol–water partition coefficient (Wildman–Crippen LogP) is 2.93. The number of hydrogen-bond donors (Lipinski definition) is 1. The molecule has 1 heterocycles. The third kappa shape index (κ3) is 4.53. The molecule has 0 spiro atoms. The van der Waals surface area contributed by atoms with Gasteiger partial charge in [-0.05, 0) is 41.6 Å². The van der Waals surface area contributed by atoms with Crippen molar-refractivity contribution >= 4 is 34.9 Å². The standard InChI is InChI=1S/C19H15FN2O4S/c20-15-4-2-1-3-13(15)11-26-14-7-5-12(6-8-14)9-16-18(24)22(10-17(21)23)19(25)27-16/h1-9H,10-11H2,(H2,21,23)/b16-9-. The highest BCUT2D eigenvalue weighted by molar-refractivity contribution is 8.18. The SMILES string of the molecule is NC(=O)CN1C(=O)S/C(=C\c2ccc(OCc3ccccc3F)cc2)C1=O. The number of hydrogen-bond acceptors (Lipinski definition) is 5. The maximum Gasteiger partial charge on any atom is 0.294 e. The summed E-state index contributed by atoms with van der Waals surface area (Å²) in [5.74, 6) is -1.10. The van der Waals surface area contributed by atoms with E-state index >= 15 is 0 Å². The highest BCUT2D eigenvalue weighted by Gasteiger charge is 2.35. The fourth-order valence-electron chi connectivity index (χ4n) is 2.38. The van der Waals surface area contributed by atoms with Crippen LogP contribution in [0, 0.1) is 5.82 Å². The average molecular weight is 386 g/mol. The molecule has 0 saturated carbocycles. The van der Waals surface area contributed by atoms with E-state index in [9.17, 15) is 18.8 Å². The third-order valence-electron chi connectivity index (χ3n) is 3.72. The first-order chi connectivity index (χ1) is 12.9. The van der Waals surface area contributed by atoms with E-state index in [-0.39, 0.29) is 17.3 Å². The molecule has 8 heteroatoms. The average Bonchev–Trinajstić information content (AvgIpc) is 2.89. The van der Waals surface area contributed by atoms with Gasteiger partial charge in [0, 0.05) is 5.56 Å². The molecule has 0 aromatic heterocycles. The zero-order valence-electron chi connectivity index (χ0n) is 14.1. The fourth-order valence-corrected chi connectivity index (χ4v) is 3.22. The number of ether oxygens (including phenoxy) is 1. The molecule has 0 unspecified atom stereocenters. The second-order valence-corrected chi connectivity index (χ2v) is 6.68. The summed E-state index contributed by atoms with van der Waals surface area (Å²) in [6, 6.07) is 13.1. The lowest BCUT2D eigenvalue weighted by Crippen LogP contribution is -2.36. The lowest BCUT2D eigenvalue weighted by atomic mass is 10.2. The second-order valence-electron chi connectivity index (χ2n) is 5.68. The lowest BCUT2D eigenvalue weighted by Gasteiger charge is -2.08. The number of thioether (sulfide) groups is 1. The molecule has 2 aromatic rings. The molecule has 138 valence electrons. The molecule has 1 saturated heterocycles. The van der Waals surface area contributed by atoms with Crippen LogP contribution in [0.5, 0.6) is 5.75 Å². The molecular weight excluding hydrogens is 371 g/mol. The summed E-state index contributed by atoms with van der Waals surface area (Å²) in [6.07, 6.45) is 1.55. The van der Waals surface area contributed by atoms with E-state index in [2.05, 4.69) is 0 Å². The maximum atomic E-state index is 13.6. The van der Waals surface area contributed by atoms with Crippen molar-refractivity contribution in [1.29, 1.82) is 0 Å². The zero-order chi connectivity index (χ0) is 19.4. The summed E-state index contributed by atoms with van der Waals surface area (Å²) in [6.45, 7) is -0.344. The van der Waals surface area contributed by atoms with Crippen LogP contribution in [0.25, 0.3) is 6.08 Å². The van der Waals surface area contributed by atoms with Crippen molar-refractivity contribution in [2.75, 3.05) is 6.54 Å². The Hall–Kier alpha value is -3.13. The van der Waals surface area contributed by atoms with Crippen LogP contribution in [-0.2, 0) is 16.2 Å². The summed E-state index contributed by atoms with van der Waals surface area (Å²) in [5, 5.41) is -0.533. The second kappa shape index (κ2) is 8.05. The smallest absolute Gasteiger partial charge is 0.294 e. The molecule has 3 rings (SSSR count). The van der Waals surface area contributed by atoms with Crippen LogP contribution in [0.3, 0.4) is 0 Å². The monoisotopic (exact) mass is 386 g/mol. The van der Waals surface area contributed by atoms with Crippen LogP contribution in [0.4, 0.5) is 9.18 Å². The number of carbonyl (C=O) groups excluding carboxylic acids is 3. The number of imide groups is 1. The van der Waals surface area contributed by atoms with Gasteiger partial charge in [-0.15, -0.1) is 0 Å². The van der Waals surface area contributed by atoms with Gasteiger partial charge in [-0.3, -0.25) is 19.3 Å². The van der Waals surface area contributed by atoms with Crippen LogP contribution in [0.15, 0.2) is 53.4 Å². The Balaban J connectivity index is 1.66. The molecule has 1 fully saturated rings. The van der Waals surface area contributed by atoms with E-state index in [1.54, 1.807) is 48.5 Å². The van der Waals surface area contributed by atoms with E-state index in [4.69, 9.17) is 10.5 Å². The van der Waals surface area contributed by atoms with Gasteiger partial charge in [-0.25, -0.2) is 4.39 Å². The summed E-state index contributed by atoms with van der Waals surface area (Å²) < 4.78 is 19.1. The Bertz CT molecular complexity index is 928. The third-order valence-corrected chi connectivity index (χ3v) is 4.62. The minimum Gasteiger partial charge on any atom is -0.489 e. The van der Waals surface area contributed by atoms with Gasteiger partial charge in [0.1, 0.15) is 24.7 Å².